The van der Waals surface area contributed by atoms with E-state index in [1.807, 2.05) is 57.2 Å². The topological polar surface area (TPSA) is 52.0 Å². The monoisotopic (exact) mass is 444 g/mol. The standard InChI is InChI=1S/C24H33N2O2PS/c1-16-14-17(2)21(18(3)15-16)30(27,28)26-20-13-11-10-12-19(20)25-22(26)29(23(4,5)6)24(7,8)9/h10-15H,1-9H3. The van der Waals surface area contributed by atoms with Gasteiger partial charge in [0.1, 0.15) is 5.57 Å². The van der Waals surface area contributed by atoms with Crippen molar-refractivity contribution in [2.75, 3.05) is 0 Å². The van der Waals surface area contributed by atoms with E-state index in [2.05, 4.69) is 41.5 Å². The molecule has 2 aromatic carbocycles. The van der Waals surface area contributed by atoms with E-state index in [-0.39, 0.29) is 10.3 Å². The first-order valence-electron chi connectivity index (χ1n) is 10.3. The normalized spacial score (nSPS) is 13.4. The molecule has 30 heavy (non-hydrogen) atoms. The maximum Gasteiger partial charge on any atom is 0.270 e. The minimum absolute atomic E-state index is 0.112. The molecule has 0 atom stereocenters. The summed E-state index contributed by atoms with van der Waals surface area (Å²) in [6.45, 7) is 18.8. The average molecular weight is 445 g/mol. The van der Waals surface area contributed by atoms with Crippen molar-refractivity contribution in [2.45, 2.75) is 77.5 Å². The first-order chi connectivity index (χ1) is 13.7. The number of aromatic nitrogens is 2. The first kappa shape index (κ1) is 23.0. The van der Waals surface area contributed by atoms with Gasteiger partial charge in [-0.3, -0.25) is 0 Å². The Kier molecular flexibility index (Phi) is 5.71. The minimum atomic E-state index is -3.83. The molecule has 0 spiro atoms. The van der Waals surface area contributed by atoms with Gasteiger partial charge in [0.25, 0.3) is 10.0 Å². The average Bonchev–Trinajstić information content (AvgIpc) is 2.89. The number of nitrogens with zero attached hydrogens (tertiary/aromatic N) is 2. The molecule has 0 N–H and O–H groups in total. The summed E-state index contributed by atoms with van der Waals surface area (Å²) in [5.74, 6) is 0. The van der Waals surface area contributed by atoms with Crippen LogP contribution in [0.2, 0.25) is 0 Å². The molecule has 162 valence electrons. The van der Waals surface area contributed by atoms with Gasteiger partial charge in [-0.25, -0.2) is 17.4 Å². The molecule has 0 saturated carbocycles. The van der Waals surface area contributed by atoms with Gasteiger partial charge in [0.2, 0.25) is 0 Å². The van der Waals surface area contributed by atoms with Gasteiger partial charge in [0.05, 0.1) is 15.9 Å². The van der Waals surface area contributed by atoms with Crippen LogP contribution in [0.4, 0.5) is 0 Å². The van der Waals surface area contributed by atoms with Crippen LogP contribution in [-0.4, -0.2) is 27.7 Å². The number of aryl methyl sites for hydroxylation is 3. The highest BCUT2D eigenvalue weighted by atomic mass is 32.2. The fourth-order valence-electron chi connectivity index (χ4n) is 4.64. The molecule has 0 bridgehead atoms. The van der Waals surface area contributed by atoms with E-state index in [0.29, 0.717) is 16.0 Å². The van der Waals surface area contributed by atoms with Crippen molar-refractivity contribution in [1.82, 2.24) is 8.96 Å². The Bertz CT molecular complexity index is 1180. The van der Waals surface area contributed by atoms with E-state index in [4.69, 9.17) is 4.98 Å². The van der Waals surface area contributed by atoms with Gasteiger partial charge in [-0.2, -0.15) is 0 Å². The highest BCUT2D eigenvalue weighted by Gasteiger charge is 2.41. The number of rotatable bonds is 3. The number of hydrogen-bond donors (Lipinski definition) is 0. The summed E-state index contributed by atoms with van der Waals surface area (Å²) in [5.41, 5.74) is 4.64. The van der Waals surface area contributed by atoms with Crippen molar-refractivity contribution in [3.8, 4) is 0 Å². The van der Waals surface area contributed by atoms with Crippen LogP contribution in [-0.2, 0) is 10.0 Å². The van der Waals surface area contributed by atoms with E-state index in [0.717, 1.165) is 22.2 Å². The summed E-state index contributed by atoms with van der Waals surface area (Å²) in [6.07, 6.45) is 0. The maximum atomic E-state index is 14.2. The molecule has 0 unspecified atom stereocenters. The van der Waals surface area contributed by atoms with Gasteiger partial charge in [-0.15, -0.1) is 0 Å². The summed E-state index contributed by atoms with van der Waals surface area (Å²) in [6, 6.07) is 11.4. The fraction of sp³-hybridized carbons (Fsp3) is 0.458. The minimum Gasteiger partial charge on any atom is -0.228 e. The highest BCUT2D eigenvalue weighted by Crippen LogP contribution is 2.58. The molecule has 0 aliphatic rings. The lowest BCUT2D eigenvalue weighted by Crippen LogP contribution is -2.37. The zero-order chi connectivity index (χ0) is 22.6. The molecular weight excluding hydrogens is 411 g/mol. The Morgan fingerprint density at radius 2 is 1.37 bits per heavy atom. The molecule has 0 radical (unpaired) electrons. The van der Waals surface area contributed by atoms with Gasteiger partial charge in [-0.05, 0) is 62.3 Å². The summed E-state index contributed by atoms with van der Waals surface area (Å²) < 4.78 is 29.9. The van der Waals surface area contributed by atoms with Crippen molar-refractivity contribution in [3.63, 3.8) is 0 Å². The van der Waals surface area contributed by atoms with E-state index in [1.165, 1.54) is 3.97 Å². The summed E-state index contributed by atoms with van der Waals surface area (Å²) in [4.78, 5) is 5.31. The molecule has 1 aromatic heterocycles. The summed E-state index contributed by atoms with van der Waals surface area (Å²) in [7, 11) is -4.74. The molecule has 4 nitrogen and oxygen atoms in total. The molecule has 0 amide bonds. The van der Waals surface area contributed by atoms with E-state index >= 15 is 0 Å². The Labute approximate surface area is 182 Å². The van der Waals surface area contributed by atoms with Crippen molar-refractivity contribution in [2.24, 2.45) is 0 Å². The van der Waals surface area contributed by atoms with Crippen LogP contribution in [0.1, 0.15) is 58.2 Å². The quantitative estimate of drug-likeness (QED) is 0.473. The van der Waals surface area contributed by atoms with Gasteiger partial charge in [0, 0.05) is 0 Å². The third kappa shape index (κ3) is 3.94. The molecule has 0 aliphatic carbocycles. The van der Waals surface area contributed by atoms with E-state index < -0.39 is 17.9 Å². The van der Waals surface area contributed by atoms with Crippen molar-refractivity contribution >= 4 is 34.5 Å². The zero-order valence-corrected chi connectivity index (χ0v) is 21.2. The number of para-hydroxylation sites is 2. The first-order valence-corrected chi connectivity index (χ1v) is 13.0. The van der Waals surface area contributed by atoms with Gasteiger partial charge in [0.15, 0.2) is 0 Å². The molecule has 0 fully saturated rings. The molecule has 6 heteroatoms. The Balaban J connectivity index is 2.46. The van der Waals surface area contributed by atoms with E-state index in [1.54, 1.807) is 0 Å². The molecule has 0 aliphatic heterocycles. The molecule has 0 saturated heterocycles. The second-order valence-corrected chi connectivity index (χ2v) is 15.6. The predicted molar refractivity (Wildman–Crippen MR) is 129 cm³/mol. The second-order valence-electron chi connectivity index (χ2n) is 10.1. The summed E-state index contributed by atoms with van der Waals surface area (Å²) in [5, 5.41) is -0.223. The third-order valence-electron chi connectivity index (χ3n) is 5.15. The van der Waals surface area contributed by atoms with Gasteiger partial charge in [-0.1, -0.05) is 71.4 Å². The van der Waals surface area contributed by atoms with Crippen LogP contribution >= 0.6 is 7.92 Å². The molecule has 3 rings (SSSR count). The van der Waals surface area contributed by atoms with Crippen molar-refractivity contribution in [1.29, 1.82) is 0 Å². The van der Waals surface area contributed by atoms with Crippen LogP contribution in [0.5, 0.6) is 0 Å². The van der Waals surface area contributed by atoms with Crippen molar-refractivity contribution < 1.29 is 8.42 Å². The molecule has 3 aromatic rings. The second kappa shape index (κ2) is 7.46. The third-order valence-corrected chi connectivity index (χ3v) is 10.7. The predicted octanol–water partition coefficient (Wildman–Crippen LogP) is 5.90. The SMILES string of the molecule is Cc1cc(C)c(S(=O)(=O)n2c(P(C(C)(C)C)C(C)(C)C)nc3ccccc32)c(C)c1. The lowest BCUT2D eigenvalue weighted by atomic mass is 10.1. The van der Waals surface area contributed by atoms with Crippen LogP contribution in [0.15, 0.2) is 41.3 Å². The fourth-order valence-corrected chi connectivity index (χ4v) is 10.7. The van der Waals surface area contributed by atoms with Crippen LogP contribution in [0.25, 0.3) is 11.0 Å². The number of benzene rings is 2. The Morgan fingerprint density at radius 1 is 0.867 bits per heavy atom. The smallest absolute Gasteiger partial charge is 0.228 e. The molecular formula is C24H33N2O2PS. The lowest BCUT2D eigenvalue weighted by molar-refractivity contribution is 0.588. The highest BCUT2D eigenvalue weighted by molar-refractivity contribution is 7.91. The van der Waals surface area contributed by atoms with Crippen molar-refractivity contribution in [3.05, 3.63) is 53.1 Å². The number of hydrogen-bond acceptors (Lipinski definition) is 3. The lowest BCUT2D eigenvalue weighted by Gasteiger charge is -2.40. The Hall–Kier alpha value is -1.71. The molecule has 1 heterocycles. The van der Waals surface area contributed by atoms with Crippen LogP contribution < -0.4 is 5.57 Å². The van der Waals surface area contributed by atoms with Crippen LogP contribution in [0.3, 0.4) is 0 Å². The van der Waals surface area contributed by atoms with Gasteiger partial charge >= 0.3 is 0 Å². The largest absolute Gasteiger partial charge is 0.270 e. The maximum absolute atomic E-state index is 14.2. The van der Waals surface area contributed by atoms with E-state index in [9.17, 15) is 8.42 Å². The number of fused-ring (bicyclic) bond motifs is 1. The Morgan fingerprint density at radius 3 is 1.87 bits per heavy atom. The van der Waals surface area contributed by atoms with Crippen LogP contribution in [0, 0.1) is 20.8 Å². The van der Waals surface area contributed by atoms with Gasteiger partial charge < -0.3 is 0 Å². The number of imidazole rings is 1. The zero-order valence-electron chi connectivity index (χ0n) is 19.5. The summed E-state index contributed by atoms with van der Waals surface area (Å²) >= 11 is 0.